The summed E-state index contributed by atoms with van der Waals surface area (Å²) >= 11 is 6.05. The van der Waals surface area contributed by atoms with Gasteiger partial charge in [-0.25, -0.2) is 4.68 Å². The first kappa shape index (κ1) is 16.9. The second-order valence-corrected chi connectivity index (χ2v) is 5.61. The van der Waals surface area contributed by atoms with E-state index in [2.05, 4.69) is 15.7 Å². The second-order valence-electron chi connectivity index (χ2n) is 5.23. The van der Waals surface area contributed by atoms with Crippen LogP contribution >= 0.6 is 11.6 Å². The first-order valence-corrected chi connectivity index (χ1v) is 7.18. The molecule has 0 fully saturated rings. The van der Waals surface area contributed by atoms with E-state index in [1.54, 1.807) is 13.1 Å². The zero-order valence-corrected chi connectivity index (χ0v) is 12.9. The number of aliphatic hydroxyl groups is 1. The monoisotopic (exact) mass is 302 g/mol. The number of nitrogens with one attached hydrogen (secondary N) is 2. The van der Waals surface area contributed by atoms with Gasteiger partial charge in [0.05, 0.1) is 18.0 Å². The van der Waals surface area contributed by atoms with E-state index in [4.69, 9.17) is 16.7 Å². The summed E-state index contributed by atoms with van der Waals surface area (Å²) in [7, 11) is 0. The molecule has 1 heterocycles. The third-order valence-electron chi connectivity index (χ3n) is 2.58. The Kier molecular flexibility index (Phi) is 6.98. The minimum absolute atomic E-state index is 0.163. The Hall–Kier alpha value is -1.11. The van der Waals surface area contributed by atoms with E-state index >= 15 is 0 Å². The molecule has 0 radical (unpaired) electrons. The lowest BCUT2D eigenvalue weighted by Crippen LogP contribution is -2.30. The maximum atomic E-state index is 12.0. The first-order valence-electron chi connectivity index (χ1n) is 6.80. The van der Waals surface area contributed by atoms with Gasteiger partial charge in [-0.3, -0.25) is 4.79 Å². The van der Waals surface area contributed by atoms with E-state index in [-0.39, 0.29) is 16.7 Å². The molecule has 0 aliphatic rings. The summed E-state index contributed by atoms with van der Waals surface area (Å²) in [5.74, 6) is 0.333. The van der Waals surface area contributed by atoms with E-state index < -0.39 is 0 Å². The minimum Gasteiger partial charge on any atom is -0.392 e. The molecule has 1 aromatic rings. The van der Waals surface area contributed by atoms with Crippen LogP contribution in [-0.2, 0) is 6.54 Å². The number of hydrogen-bond donors (Lipinski definition) is 3. The maximum Gasteiger partial charge on any atom is 0.287 e. The lowest BCUT2D eigenvalue weighted by Gasteiger charge is -2.12. The van der Waals surface area contributed by atoms with Crippen molar-refractivity contribution >= 4 is 17.3 Å². The molecule has 20 heavy (non-hydrogen) atoms. The molecule has 0 aliphatic heterocycles. The topological polar surface area (TPSA) is 79.2 Å². The van der Waals surface area contributed by atoms with Crippen LogP contribution < -0.4 is 16.2 Å². The highest BCUT2D eigenvalue weighted by Crippen LogP contribution is 2.14. The van der Waals surface area contributed by atoms with Gasteiger partial charge in [-0.15, -0.1) is 0 Å². The number of halogens is 1. The van der Waals surface area contributed by atoms with Gasteiger partial charge in [0.2, 0.25) is 0 Å². The number of hydrogen-bond acceptors (Lipinski definition) is 5. The predicted molar refractivity (Wildman–Crippen MR) is 81.4 cm³/mol. The summed E-state index contributed by atoms with van der Waals surface area (Å²) in [5.41, 5.74) is 0.262. The van der Waals surface area contributed by atoms with Crippen LogP contribution in [0.5, 0.6) is 0 Å². The number of aromatic nitrogens is 2. The van der Waals surface area contributed by atoms with Gasteiger partial charge in [-0.05, 0) is 12.8 Å². The van der Waals surface area contributed by atoms with Gasteiger partial charge in [0.15, 0.2) is 0 Å². The SMILES string of the molecule is CC(C)Cn1ncc(NCCNCC(C)O)c(Cl)c1=O. The summed E-state index contributed by atoms with van der Waals surface area (Å²) in [5, 5.41) is 19.5. The highest BCUT2D eigenvalue weighted by Gasteiger charge is 2.09. The summed E-state index contributed by atoms with van der Waals surface area (Å²) < 4.78 is 1.38. The van der Waals surface area contributed by atoms with Crippen LogP contribution in [0, 0.1) is 5.92 Å². The Morgan fingerprint density at radius 1 is 1.40 bits per heavy atom. The summed E-state index contributed by atoms with van der Waals surface area (Å²) in [4.78, 5) is 12.0. The van der Waals surface area contributed by atoms with Crippen LogP contribution in [0.4, 0.5) is 5.69 Å². The van der Waals surface area contributed by atoms with Gasteiger partial charge < -0.3 is 15.7 Å². The third kappa shape index (κ3) is 5.48. The van der Waals surface area contributed by atoms with Crippen LogP contribution in [-0.4, -0.2) is 40.6 Å². The van der Waals surface area contributed by atoms with Crippen molar-refractivity contribution in [2.45, 2.75) is 33.4 Å². The lowest BCUT2D eigenvalue weighted by molar-refractivity contribution is 0.192. The standard InChI is InChI=1S/C13H23ClN4O2/c1-9(2)8-18-13(20)12(14)11(7-17-18)16-5-4-15-6-10(3)19/h7,9-10,15-16,19H,4-6,8H2,1-3H3. The number of nitrogens with zero attached hydrogens (tertiary/aromatic N) is 2. The quantitative estimate of drug-likeness (QED) is 0.623. The molecule has 0 aromatic carbocycles. The van der Waals surface area contributed by atoms with Gasteiger partial charge in [0, 0.05) is 26.2 Å². The molecule has 0 saturated heterocycles. The number of anilines is 1. The van der Waals surface area contributed by atoms with Crippen molar-refractivity contribution in [1.82, 2.24) is 15.1 Å². The second kappa shape index (κ2) is 8.24. The Morgan fingerprint density at radius 2 is 2.10 bits per heavy atom. The van der Waals surface area contributed by atoms with Gasteiger partial charge in [-0.2, -0.15) is 5.10 Å². The minimum atomic E-state index is -0.375. The molecule has 114 valence electrons. The molecule has 0 spiro atoms. The van der Waals surface area contributed by atoms with Crippen molar-refractivity contribution in [1.29, 1.82) is 0 Å². The Bertz CT molecular complexity index is 474. The maximum absolute atomic E-state index is 12.0. The molecular formula is C13H23ClN4O2. The van der Waals surface area contributed by atoms with E-state index in [0.29, 0.717) is 37.8 Å². The fourth-order valence-corrected chi connectivity index (χ4v) is 1.87. The number of rotatable bonds is 8. The molecular weight excluding hydrogens is 280 g/mol. The average molecular weight is 303 g/mol. The Morgan fingerprint density at radius 3 is 2.70 bits per heavy atom. The van der Waals surface area contributed by atoms with Crippen LogP contribution in [0.1, 0.15) is 20.8 Å². The fraction of sp³-hybridized carbons (Fsp3) is 0.692. The van der Waals surface area contributed by atoms with Crippen molar-refractivity contribution in [3.8, 4) is 0 Å². The molecule has 1 atom stereocenters. The van der Waals surface area contributed by atoms with Crippen LogP contribution in [0.2, 0.25) is 5.02 Å². The van der Waals surface area contributed by atoms with Crippen molar-refractivity contribution in [3.05, 3.63) is 21.6 Å². The molecule has 3 N–H and O–H groups in total. The van der Waals surface area contributed by atoms with Crippen LogP contribution in [0.25, 0.3) is 0 Å². The Labute approximate surface area is 124 Å². The van der Waals surface area contributed by atoms with E-state index in [1.807, 2.05) is 13.8 Å². The summed E-state index contributed by atoms with van der Waals surface area (Å²) in [6.07, 6.45) is 1.20. The molecule has 6 nitrogen and oxygen atoms in total. The largest absolute Gasteiger partial charge is 0.392 e. The van der Waals surface area contributed by atoms with E-state index in [9.17, 15) is 4.79 Å². The molecule has 0 aliphatic carbocycles. The molecule has 0 amide bonds. The molecule has 7 heteroatoms. The van der Waals surface area contributed by atoms with Crippen molar-refractivity contribution < 1.29 is 5.11 Å². The third-order valence-corrected chi connectivity index (χ3v) is 2.95. The fourth-order valence-electron chi connectivity index (χ4n) is 1.66. The van der Waals surface area contributed by atoms with E-state index in [0.717, 1.165) is 0 Å². The average Bonchev–Trinajstić information content (AvgIpc) is 2.36. The van der Waals surface area contributed by atoms with Crippen LogP contribution in [0.15, 0.2) is 11.0 Å². The molecule has 1 rings (SSSR count). The molecule has 1 unspecified atom stereocenters. The number of aliphatic hydroxyl groups excluding tert-OH is 1. The predicted octanol–water partition coefficient (Wildman–Crippen LogP) is 0.935. The van der Waals surface area contributed by atoms with Crippen LogP contribution in [0.3, 0.4) is 0 Å². The zero-order chi connectivity index (χ0) is 15.1. The molecule has 0 saturated carbocycles. The first-order chi connectivity index (χ1) is 9.41. The summed E-state index contributed by atoms with van der Waals surface area (Å²) in [6.45, 7) is 8.09. The van der Waals surface area contributed by atoms with Crippen molar-refractivity contribution in [3.63, 3.8) is 0 Å². The van der Waals surface area contributed by atoms with Gasteiger partial charge in [0.25, 0.3) is 5.56 Å². The Balaban J connectivity index is 2.55. The normalized spacial score (nSPS) is 12.7. The van der Waals surface area contributed by atoms with Gasteiger partial charge >= 0.3 is 0 Å². The highest BCUT2D eigenvalue weighted by atomic mass is 35.5. The molecule has 1 aromatic heterocycles. The van der Waals surface area contributed by atoms with E-state index in [1.165, 1.54) is 4.68 Å². The van der Waals surface area contributed by atoms with Gasteiger partial charge in [0.1, 0.15) is 5.02 Å². The van der Waals surface area contributed by atoms with Crippen molar-refractivity contribution in [2.75, 3.05) is 25.0 Å². The lowest BCUT2D eigenvalue weighted by atomic mass is 10.2. The zero-order valence-electron chi connectivity index (χ0n) is 12.2. The smallest absolute Gasteiger partial charge is 0.287 e. The van der Waals surface area contributed by atoms with Crippen molar-refractivity contribution in [2.24, 2.45) is 5.92 Å². The van der Waals surface area contributed by atoms with Gasteiger partial charge in [-0.1, -0.05) is 25.4 Å². The highest BCUT2D eigenvalue weighted by molar-refractivity contribution is 6.32. The summed E-state index contributed by atoms with van der Waals surface area (Å²) in [6, 6.07) is 0. The molecule has 0 bridgehead atoms.